The van der Waals surface area contributed by atoms with Gasteiger partial charge in [-0.2, -0.15) is 0 Å². The highest BCUT2D eigenvalue weighted by atomic mass is 16.6. The van der Waals surface area contributed by atoms with Crippen LogP contribution in [0.25, 0.3) is 0 Å². The summed E-state index contributed by atoms with van der Waals surface area (Å²) in [5.74, 6) is -0.405. The van der Waals surface area contributed by atoms with Gasteiger partial charge in [0.1, 0.15) is 0 Å². The lowest BCUT2D eigenvalue weighted by molar-refractivity contribution is -0.173. The molecular weight excluding hydrogens is 156 g/mol. The third-order valence-electron chi connectivity index (χ3n) is 3.73. The molecule has 1 aliphatic heterocycles. The van der Waals surface area contributed by atoms with E-state index >= 15 is 0 Å². The number of carbonyl (C=O) groups excluding carboxylic acids is 2. The Morgan fingerprint density at radius 3 is 2.00 bits per heavy atom. The van der Waals surface area contributed by atoms with Crippen LogP contribution in [-0.4, -0.2) is 11.9 Å². The molecule has 12 heavy (non-hydrogen) atoms. The molecule has 2 atom stereocenters. The van der Waals surface area contributed by atoms with Gasteiger partial charge in [-0.3, -0.25) is 9.59 Å². The fraction of sp³-hybridized carbons (Fsp3) is 0.778. The van der Waals surface area contributed by atoms with Crippen molar-refractivity contribution >= 4 is 11.9 Å². The van der Waals surface area contributed by atoms with E-state index < -0.39 is 0 Å². The second-order valence-corrected chi connectivity index (χ2v) is 4.16. The van der Waals surface area contributed by atoms with Crippen LogP contribution in [0.2, 0.25) is 0 Å². The second kappa shape index (κ2) is 1.73. The van der Waals surface area contributed by atoms with Gasteiger partial charge in [0, 0.05) is 0 Å². The monoisotopic (exact) mass is 166 g/mol. The van der Waals surface area contributed by atoms with Gasteiger partial charge in [0.2, 0.25) is 0 Å². The summed E-state index contributed by atoms with van der Waals surface area (Å²) in [6.45, 7) is 0. The Labute approximate surface area is 70.1 Å². The van der Waals surface area contributed by atoms with Gasteiger partial charge in [0.25, 0.3) is 0 Å². The van der Waals surface area contributed by atoms with Gasteiger partial charge < -0.3 is 4.74 Å². The summed E-state index contributed by atoms with van der Waals surface area (Å²) >= 11 is 0. The zero-order chi connectivity index (χ0) is 8.34. The molecule has 3 aliphatic rings. The van der Waals surface area contributed by atoms with Crippen molar-refractivity contribution < 1.29 is 14.3 Å². The maximum absolute atomic E-state index is 11.3. The van der Waals surface area contributed by atoms with Crippen molar-refractivity contribution in [3.63, 3.8) is 0 Å². The van der Waals surface area contributed by atoms with Gasteiger partial charge >= 0.3 is 11.9 Å². The summed E-state index contributed by atoms with van der Waals surface area (Å²) in [6.07, 6.45) is 3.86. The lowest BCUT2D eigenvalue weighted by Gasteiger charge is -2.26. The van der Waals surface area contributed by atoms with Crippen molar-refractivity contribution in [3.05, 3.63) is 0 Å². The predicted octanol–water partition coefficient (Wildman–Crippen LogP) is 0.876. The molecule has 3 nitrogen and oxygen atoms in total. The normalized spacial score (nSPS) is 41.7. The molecule has 1 heterocycles. The first-order chi connectivity index (χ1) is 5.74. The molecule has 2 saturated carbocycles. The third kappa shape index (κ3) is 0.551. The van der Waals surface area contributed by atoms with Gasteiger partial charge in [0.05, 0.1) is 11.8 Å². The molecule has 64 valence electrons. The lowest BCUT2D eigenvalue weighted by Crippen LogP contribution is -2.38. The topological polar surface area (TPSA) is 43.4 Å². The van der Waals surface area contributed by atoms with Crippen molar-refractivity contribution in [1.29, 1.82) is 0 Å². The Bertz CT molecular complexity index is 253. The van der Waals surface area contributed by atoms with Crippen molar-refractivity contribution in [2.24, 2.45) is 17.3 Å². The zero-order valence-corrected chi connectivity index (χ0v) is 6.71. The highest BCUT2D eigenvalue weighted by Crippen LogP contribution is 2.66. The van der Waals surface area contributed by atoms with E-state index in [2.05, 4.69) is 4.74 Å². The summed E-state index contributed by atoms with van der Waals surface area (Å²) < 4.78 is 4.67. The van der Waals surface area contributed by atoms with E-state index in [9.17, 15) is 9.59 Å². The summed E-state index contributed by atoms with van der Waals surface area (Å²) in [5.41, 5.74) is 0.0758. The number of hydrogen-bond donors (Lipinski definition) is 0. The minimum atomic E-state index is -0.258. The number of hydrogen-bond acceptors (Lipinski definition) is 3. The Morgan fingerprint density at radius 1 is 1.08 bits per heavy atom. The largest absolute Gasteiger partial charge is 0.393 e. The first-order valence-electron chi connectivity index (χ1n) is 4.49. The van der Waals surface area contributed by atoms with Crippen LogP contribution in [0.5, 0.6) is 0 Å². The van der Waals surface area contributed by atoms with E-state index in [0.29, 0.717) is 0 Å². The van der Waals surface area contributed by atoms with Gasteiger partial charge in [-0.25, -0.2) is 0 Å². The van der Waals surface area contributed by atoms with Crippen molar-refractivity contribution in [2.45, 2.75) is 25.7 Å². The van der Waals surface area contributed by atoms with Crippen LogP contribution in [0.3, 0.4) is 0 Å². The van der Waals surface area contributed by atoms with Crippen LogP contribution >= 0.6 is 0 Å². The molecule has 0 radical (unpaired) electrons. The molecule has 3 heteroatoms. The number of carbonyl (C=O) groups is 2. The van der Waals surface area contributed by atoms with Gasteiger partial charge in [0.15, 0.2) is 0 Å². The fourth-order valence-corrected chi connectivity index (χ4v) is 2.94. The molecule has 2 bridgehead atoms. The SMILES string of the molecule is O=C1OC(=O)C2CCC1C21CC1. The van der Waals surface area contributed by atoms with Crippen molar-refractivity contribution in [1.82, 2.24) is 0 Å². The summed E-state index contributed by atoms with van der Waals surface area (Å²) in [7, 11) is 0. The van der Waals surface area contributed by atoms with E-state index in [4.69, 9.17) is 0 Å². The molecule has 1 saturated heterocycles. The van der Waals surface area contributed by atoms with E-state index in [1.807, 2.05) is 0 Å². The van der Waals surface area contributed by atoms with Crippen LogP contribution in [0.15, 0.2) is 0 Å². The standard InChI is InChI=1S/C9H10O3/c10-7-5-1-2-6(8(11)12-7)9(5)3-4-9/h5-6H,1-4H2. The van der Waals surface area contributed by atoms with E-state index in [1.54, 1.807) is 0 Å². The summed E-state index contributed by atoms with van der Waals surface area (Å²) in [5, 5.41) is 0. The molecule has 3 rings (SSSR count). The van der Waals surface area contributed by atoms with Crippen molar-refractivity contribution in [2.75, 3.05) is 0 Å². The van der Waals surface area contributed by atoms with Crippen LogP contribution in [0.1, 0.15) is 25.7 Å². The predicted molar refractivity (Wildman–Crippen MR) is 39.0 cm³/mol. The van der Waals surface area contributed by atoms with E-state index in [1.165, 1.54) is 0 Å². The molecule has 2 aliphatic carbocycles. The van der Waals surface area contributed by atoms with Crippen LogP contribution < -0.4 is 0 Å². The Balaban J connectivity index is 2.07. The zero-order valence-electron chi connectivity index (χ0n) is 6.71. The summed E-state index contributed by atoms with van der Waals surface area (Å²) in [6, 6.07) is 0. The third-order valence-corrected chi connectivity index (χ3v) is 3.73. The Kier molecular flexibility index (Phi) is 0.955. The molecule has 0 aromatic heterocycles. The highest BCUT2D eigenvalue weighted by Gasteiger charge is 2.66. The number of ether oxygens (including phenoxy) is 1. The molecule has 0 aromatic rings. The molecule has 1 spiro atoms. The van der Waals surface area contributed by atoms with Crippen LogP contribution in [-0.2, 0) is 14.3 Å². The second-order valence-electron chi connectivity index (χ2n) is 4.16. The first kappa shape index (κ1) is 6.63. The fourth-order valence-electron chi connectivity index (χ4n) is 2.94. The van der Waals surface area contributed by atoms with Crippen LogP contribution in [0.4, 0.5) is 0 Å². The lowest BCUT2D eigenvalue weighted by atomic mass is 9.84. The Hall–Kier alpha value is -0.860. The smallest absolute Gasteiger partial charge is 0.317 e. The first-order valence-corrected chi connectivity index (χ1v) is 4.49. The Morgan fingerprint density at radius 2 is 1.58 bits per heavy atom. The highest BCUT2D eigenvalue weighted by molar-refractivity contribution is 5.94. The van der Waals surface area contributed by atoms with Gasteiger partial charge in [-0.15, -0.1) is 0 Å². The minimum absolute atomic E-state index is 0.0557. The maximum atomic E-state index is 11.3. The molecular formula is C9H10O3. The molecule has 0 N–H and O–H groups in total. The molecule has 2 unspecified atom stereocenters. The minimum Gasteiger partial charge on any atom is -0.393 e. The van der Waals surface area contributed by atoms with E-state index in [-0.39, 0.29) is 29.2 Å². The van der Waals surface area contributed by atoms with Gasteiger partial charge in [-0.05, 0) is 31.1 Å². The summed E-state index contributed by atoms with van der Waals surface area (Å²) in [4.78, 5) is 22.5. The molecule has 0 aromatic carbocycles. The van der Waals surface area contributed by atoms with Crippen LogP contribution in [0, 0.1) is 17.3 Å². The number of esters is 2. The maximum Gasteiger partial charge on any atom is 0.317 e. The molecule has 0 amide bonds. The molecule has 3 fully saturated rings. The average molecular weight is 166 g/mol. The quantitative estimate of drug-likeness (QED) is 0.396. The van der Waals surface area contributed by atoms with E-state index in [0.717, 1.165) is 25.7 Å². The van der Waals surface area contributed by atoms with Gasteiger partial charge in [-0.1, -0.05) is 0 Å². The number of cyclic esters (lactones) is 2. The average Bonchev–Trinajstić information content (AvgIpc) is 2.63. The van der Waals surface area contributed by atoms with Crippen molar-refractivity contribution in [3.8, 4) is 0 Å². The number of rotatable bonds is 0.